The second kappa shape index (κ2) is 9.83. The molecule has 0 spiro atoms. The Kier molecular flexibility index (Phi) is 7.44. The van der Waals surface area contributed by atoms with E-state index in [1.807, 2.05) is 0 Å². The van der Waals surface area contributed by atoms with Crippen molar-refractivity contribution in [3.63, 3.8) is 0 Å². The minimum Gasteiger partial charge on any atom is -0.369 e. The summed E-state index contributed by atoms with van der Waals surface area (Å²) in [6.07, 6.45) is -1.12. The number of nitrogens with zero attached hydrogens (tertiary/aromatic N) is 2. The number of alkyl halides is 3. The van der Waals surface area contributed by atoms with Gasteiger partial charge in [0, 0.05) is 37.9 Å². The number of hydrogen-bond donors (Lipinski definition) is 1. The molecule has 1 aromatic carbocycles. The van der Waals surface area contributed by atoms with Gasteiger partial charge < -0.3 is 10.2 Å². The number of anilines is 1. The van der Waals surface area contributed by atoms with E-state index in [4.69, 9.17) is 0 Å². The van der Waals surface area contributed by atoms with Gasteiger partial charge in [-0.1, -0.05) is 17.7 Å². The largest absolute Gasteiger partial charge is 0.397 e. The van der Waals surface area contributed by atoms with Crippen LogP contribution >= 0.6 is 0 Å². The molecule has 3 rings (SSSR count). The van der Waals surface area contributed by atoms with Crippen LogP contribution in [0, 0.1) is 12.8 Å². The summed E-state index contributed by atoms with van der Waals surface area (Å²) >= 11 is 0. The molecule has 1 saturated heterocycles. The smallest absolute Gasteiger partial charge is 0.369 e. The summed E-state index contributed by atoms with van der Waals surface area (Å²) in [5, 5.41) is 2.55. The van der Waals surface area contributed by atoms with Crippen LogP contribution in [0.15, 0.2) is 24.3 Å². The fourth-order valence-corrected chi connectivity index (χ4v) is 4.41. The minimum absolute atomic E-state index is 0.0980. The van der Waals surface area contributed by atoms with Crippen molar-refractivity contribution >= 4 is 11.6 Å². The summed E-state index contributed by atoms with van der Waals surface area (Å²) in [6.45, 7) is 7.40. The molecule has 2 aliphatic rings. The Bertz CT molecular complexity index is 646. The summed E-state index contributed by atoms with van der Waals surface area (Å²) in [6, 6.07) is 8.60. The highest BCUT2D eigenvalue weighted by Gasteiger charge is 2.32. The van der Waals surface area contributed by atoms with Gasteiger partial charge >= 0.3 is 6.18 Å². The van der Waals surface area contributed by atoms with Crippen molar-refractivity contribution in [3.05, 3.63) is 29.8 Å². The molecular formula is C22H32F3N3O. The monoisotopic (exact) mass is 411 g/mol. The van der Waals surface area contributed by atoms with E-state index in [1.165, 1.54) is 11.3 Å². The maximum absolute atomic E-state index is 12.3. The van der Waals surface area contributed by atoms with E-state index in [-0.39, 0.29) is 6.04 Å². The molecule has 1 amide bonds. The van der Waals surface area contributed by atoms with Crippen molar-refractivity contribution in [2.45, 2.75) is 57.7 Å². The Morgan fingerprint density at radius 1 is 1.03 bits per heavy atom. The van der Waals surface area contributed by atoms with Gasteiger partial charge in [0.25, 0.3) is 0 Å². The highest BCUT2D eigenvalue weighted by atomic mass is 19.4. The first-order valence-corrected chi connectivity index (χ1v) is 10.7. The van der Waals surface area contributed by atoms with Gasteiger partial charge in [0.2, 0.25) is 5.91 Å². The number of hydrogen-bond acceptors (Lipinski definition) is 3. The highest BCUT2D eigenvalue weighted by Crippen LogP contribution is 2.28. The van der Waals surface area contributed by atoms with E-state index in [2.05, 4.69) is 46.3 Å². The SMILES string of the molecule is Cc1ccc(N2CCN(CCC3CCC(NC(=O)CC(F)(F)F)CC3)CC2)cc1. The van der Waals surface area contributed by atoms with E-state index in [9.17, 15) is 18.0 Å². The number of aryl methyl sites for hydroxylation is 1. The topological polar surface area (TPSA) is 35.6 Å². The fraction of sp³-hybridized carbons (Fsp3) is 0.682. The van der Waals surface area contributed by atoms with E-state index >= 15 is 0 Å². The number of nitrogens with one attached hydrogen (secondary N) is 1. The average molecular weight is 412 g/mol. The van der Waals surface area contributed by atoms with E-state index in [0.29, 0.717) is 5.92 Å². The molecule has 0 atom stereocenters. The van der Waals surface area contributed by atoms with Gasteiger partial charge in [0.15, 0.2) is 0 Å². The summed E-state index contributed by atoms with van der Waals surface area (Å²) < 4.78 is 36.8. The van der Waals surface area contributed by atoms with Crippen molar-refractivity contribution in [3.8, 4) is 0 Å². The minimum atomic E-state index is -4.43. The van der Waals surface area contributed by atoms with Crippen LogP contribution in [-0.4, -0.2) is 55.7 Å². The fourth-order valence-electron chi connectivity index (χ4n) is 4.41. The predicted molar refractivity (Wildman–Crippen MR) is 109 cm³/mol. The molecule has 162 valence electrons. The number of rotatable bonds is 6. The predicted octanol–water partition coefficient (Wildman–Crippen LogP) is 4.13. The van der Waals surface area contributed by atoms with Gasteiger partial charge in [0.05, 0.1) is 0 Å². The maximum Gasteiger partial charge on any atom is 0.397 e. The zero-order valence-electron chi connectivity index (χ0n) is 17.2. The lowest BCUT2D eigenvalue weighted by Crippen LogP contribution is -2.47. The number of piperazine rings is 1. The number of benzene rings is 1. The molecule has 1 saturated carbocycles. The lowest BCUT2D eigenvalue weighted by molar-refractivity contribution is -0.154. The third-order valence-electron chi connectivity index (χ3n) is 6.20. The van der Waals surface area contributed by atoms with Gasteiger partial charge in [0.1, 0.15) is 6.42 Å². The van der Waals surface area contributed by atoms with Crippen molar-refractivity contribution in [2.24, 2.45) is 5.92 Å². The lowest BCUT2D eigenvalue weighted by atomic mass is 9.84. The Hall–Kier alpha value is -1.76. The standard InChI is InChI=1S/C22H32F3N3O/c1-17-2-8-20(9-3-17)28-14-12-27(13-15-28)11-10-18-4-6-19(7-5-18)26-21(29)16-22(23,24)25/h2-3,8-9,18-19H,4-7,10-16H2,1H3,(H,26,29). The number of carbonyl (C=O) groups excluding carboxylic acids is 1. The Morgan fingerprint density at radius 2 is 1.66 bits per heavy atom. The molecule has 0 bridgehead atoms. The van der Waals surface area contributed by atoms with Crippen LogP contribution in [0.1, 0.15) is 44.1 Å². The number of halogens is 3. The van der Waals surface area contributed by atoms with Crippen LogP contribution in [0.3, 0.4) is 0 Å². The molecule has 0 aromatic heterocycles. The zero-order chi connectivity index (χ0) is 20.9. The molecule has 1 heterocycles. The Morgan fingerprint density at radius 3 is 2.24 bits per heavy atom. The lowest BCUT2D eigenvalue weighted by Gasteiger charge is -2.37. The molecule has 4 nitrogen and oxygen atoms in total. The quantitative estimate of drug-likeness (QED) is 0.764. The normalized spacial score (nSPS) is 23.8. The molecule has 0 unspecified atom stereocenters. The molecule has 29 heavy (non-hydrogen) atoms. The molecule has 1 N–H and O–H groups in total. The maximum atomic E-state index is 12.3. The van der Waals surface area contributed by atoms with Crippen LogP contribution < -0.4 is 10.2 Å². The third-order valence-corrected chi connectivity index (χ3v) is 6.20. The van der Waals surface area contributed by atoms with Crippen LogP contribution in [-0.2, 0) is 4.79 Å². The molecular weight excluding hydrogens is 379 g/mol. The highest BCUT2D eigenvalue weighted by molar-refractivity contribution is 5.76. The molecule has 2 fully saturated rings. The molecule has 1 aliphatic heterocycles. The average Bonchev–Trinajstić information content (AvgIpc) is 2.67. The van der Waals surface area contributed by atoms with Crippen LogP contribution in [0.4, 0.5) is 18.9 Å². The summed E-state index contributed by atoms with van der Waals surface area (Å²) in [4.78, 5) is 16.4. The van der Waals surface area contributed by atoms with Gasteiger partial charge in [-0.05, 0) is 63.6 Å². The van der Waals surface area contributed by atoms with Crippen LogP contribution in [0.5, 0.6) is 0 Å². The van der Waals surface area contributed by atoms with E-state index in [1.54, 1.807) is 0 Å². The second-order valence-corrected chi connectivity index (χ2v) is 8.53. The Balaban J connectivity index is 1.31. The summed E-state index contributed by atoms with van der Waals surface area (Å²) in [5.41, 5.74) is 2.57. The first kappa shape index (κ1) is 21.9. The van der Waals surface area contributed by atoms with Crippen molar-refractivity contribution in [1.29, 1.82) is 0 Å². The molecule has 1 aromatic rings. The van der Waals surface area contributed by atoms with Crippen molar-refractivity contribution < 1.29 is 18.0 Å². The Labute approximate surface area is 171 Å². The van der Waals surface area contributed by atoms with Crippen LogP contribution in [0.25, 0.3) is 0 Å². The first-order valence-electron chi connectivity index (χ1n) is 10.7. The second-order valence-electron chi connectivity index (χ2n) is 8.53. The van der Waals surface area contributed by atoms with E-state index < -0.39 is 18.5 Å². The van der Waals surface area contributed by atoms with Gasteiger partial charge in [-0.3, -0.25) is 9.69 Å². The van der Waals surface area contributed by atoms with Crippen molar-refractivity contribution in [1.82, 2.24) is 10.2 Å². The van der Waals surface area contributed by atoms with Gasteiger partial charge in [-0.15, -0.1) is 0 Å². The van der Waals surface area contributed by atoms with Crippen molar-refractivity contribution in [2.75, 3.05) is 37.6 Å². The summed E-state index contributed by atoms with van der Waals surface area (Å²) in [7, 11) is 0. The first-order chi connectivity index (χ1) is 13.8. The number of carbonyl (C=O) groups is 1. The number of amides is 1. The molecule has 0 radical (unpaired) electrons. The van der Waals surface area contributed by atoms with Gasteiger partial charge in [-0.25, -0.2) is 0 Å². The van der Waals surface area contributed by atoms with E-state index in [0.717, 1.165) is 64.8 Å². The summed E-state index contributed by atoms with van der Waals surface area (Å²) in [5.74, 6) is -0.284. The van der Waals surface area contributed by atoms with Gasteiger partial charge in [-0.2, -0.15) is 13.2 Å². The van der Waals surface area contributed by atoms with Crippen LogP contribution in [0.2, 0.25) is 0 Å². The third kappa shape index (κ3) is 7.21. The molecule has 7 heteroatoms. The molecule has 1 aliphatic carbocycles. The zero-order valence-corrected chi connectivity index (χ0v) is 17.2.